The summed E-state index contributed by atoms with van der Waals surface area (Å²) in [5, 5.41) is 19.2. The molecule has 0 amide bonds. The Morgan fingerprint density at radius 3 is 2.20 bits per heavy atom. The van der Waals surface area contributed by atoms with Gasteiger partial charge in [0, 0.05) is 17.1 Å². The minimum atomic E-state index is -1.38. The van der Waals surface area contributed by atoms with E-state index in [1.807, 2.05) is 12.1 Å². The van der Waals surface area contributed by atoms with Crippen LogP contribution in [0.2, 0.25) is 0 Å². The zero-order chi connectivity index (χ0) is 21.7. The fraction of sp³-hybridized carbons (Fsp3) is 0.250. The summed E-state index contributed by atoms with van der Waals surface area (Å²) in [7, 11) is 1.53. The quantitative estimate of drug-likeness (QED) is 0.396. The normalized spacial score (nSPS) is 19.0. The van der Waals surface area contributed by atoms with E-state index < -0.39 is 17.3 Å². The van der Waals surface area contributed by atoms with E-state index in [-0.39, 0.29) is 30.0 Å². The maximum absolute atomic E-state index is 13.2. The summed E-state index contributed by atoms with van der Waals surface area (Å²) in [5.41, 5.74) is -0.388. The van der Waals surface area contributed by atoms with Crippen LogP contribution in [0.1, 0.15) is 29.3 Å². The van der Waals surface area contributed by atoms with Gasteiger partial charge in [0.2, 0.25) is 0 Å². The molecule has 1 saturated carbocycles. The second kappa shape index (κ2) is 8.63. The molecule has 0 spiro atoms. The maximum atomic E-state index is 13.2. The molecule has 0 bridgehead atoms. The Morgan fingerprint density at radius 2 is 1.67 bits per heavy atom. The predicted molar refractivity (Wildman–Crippen MR) is 109 cm³/mol. The number of carbonyl (C=O) groups is 2. The van der Waals surface area contributed by atoms with Crippen molar-refractivity contribution >= 4 is 17.3 Å². The highest BCUT2D eigenvalue weighted by molar-refractivity contribution is 6.11. The van der Waals surface area contributed by atoms with Gasteiger partial charge in [-0.05, 0) is 31.0 Å². The molecule has 0 N–H and O–H groups in total. The van der Waals surface area contributed by atoms with E-state index in [1.54, 1.807) is 61.5 Å². The van der Waals surface area contributed by atoms with Gasteiger partial charge in [-0.15, -0.1) is 0 Å². The molecule has 0 aromatic heterocycles. The van der Waals surface area contributed by atoms with E-state index in [9.17, 15) is 20.1 Å². The number of rotatable bonds is 7. The van der Waals surface area contributed by atoms with Gasteiger partial charge in [-0.3, -0.25) is 9.59 Å². The molecule has 0 saturated heterocycles. The summed E-state index contributed by atoms with van der Waals surface area (Å²) >= 11 is 0. The lowest BCUT2D eigenvalue weighted by Crippen LogP contribution is -2.26. The predicted octanol–water partition coefficient (Wildman–Crippen LogP) is 3.95. The van der Waals surface area contributed by atoms with E-state index in [1.165, 1.54) is 7.11 Å². The Kier molecular flexibility index (Phi) is 5.99. The molecule has 6 nitrogen and oxygen atoms in total. The molecule has 30 heavy (non-hydrogen) atoms. The van der Waals surface area contributed by atoms with E-state index >= 15 is 0 Å². The number of Topliss-reactive ketones (excluding diaryl/α,β-unsaturated/α-hetero) is 1. The molecule has 1 aliphatic carbocycles. The van der Waals surface area contributed by atoms with Gasteiger partial charge < -0.3 is 9.47 Å². The topological polar surface area (TPSA) is 100 Å². The van der Waals surface area contributed by atoms with Crippen LogP contribution in [0.3, 0.4) is 0 Å². The summed E-state index contributed by atoms with van der Waals surface area (Å²) in [5.74, 6) is -0.947. The van der Waals surface area contributed by atoms with Crippen LogP contribution in [0, 0.1) is 34.0 Å². The van der Waals surface area contributed by atoms with Crippen LogP contribution in [0.5, 0.6) is 5.75 Å². The number of nitrogens with zero attached hydrogens (tertiary/aromatic N) is 2. The number of benzene rings is 2. The first-order valence-electron chi connectivity index (χ1n) is 9.49. The van der Waals surface area contributed by atoms with Crippen molar-refractivity contribution in [2.75, 3.05) is 13.7 Å². The summed E-state index contributed by atoms with van der Waals surface area (Å²) in [4.78, 5) is 26.2. The number of carbonyl (C=O) groups excluding carboxylic acids is 2. The fourth-order valence-electron chi connectivity index (χ4n) is 3.77. The molecule has 2 aromatic rings. The molecule has 2 atom stereocenters. The molecule has 0 heterocycles. The summed E-state index contributed by atoms with van der Waals surface area (Å²) in [6.45, 7) is 1.80. The molecule has 0 aliphatic heterocycles. The molecule has 1 aliphatic rings. The Morgan fingerprint density at radius 1 is 1.03 bits per heavy atom. The van der Waals surface area contributed by atoms with Crippen molar-refractivity contribution in [2.24, 2.45) is 11.3 Å². The van der Waals surface area contributed by atoms with Crippen molar-refractivity contribution in [3.8, 4) is 17.9 Å². The number of ether oxygens (including phenoxy) is 2. The van der Waals surface area contributed by atoms with Gasteiger partial charge in [-0.2, -0.15) is 10.5 Å². The number of methoxy groups -OCH3 is 1. The second-order valence-electron chi connectivity index (χ2n) is 6.88. The van der Waals surface area contributed by atoms with Crippen LogP contribution in [-0.4, -0.2) is 25.5 Å². The number of ketones is 1. The number of allylic oxidation sites excluding steroid dienone is 1. The average Bonchev–Trinajstić information content (AvgIpc) is 3.54. The minimum absolute atomic E-state index is 0.122. The molecule has 0 unspecified atom stereocenters. The lowest BCUT2D eigenvalue weighted by molar-refractivity contribution is -0.147. The number of esters is 1. The van der Waals surface area contributed by atoms with Gasteiger partial charge in [-0.25, -0.2) is 0 Å². The van der Waals surface area contributed by atoms with Crippen molar-refractivity contribution in [3.05, 3.63) is 71.3 Å². The Balaban J connectivity index is 2.17. The standard InChI is InChI=1S/C24H20N2O4/c1-3-30-23(28)24(13-20(24)22(27)17-7-5-4-6-8-17)21(18(14-25)15-26)16-9-11-19(29-2)12-10-16/h4-12,20H,3,13H2,1-2H3/t20-,24+/m0/s1. The van der Waals surface area contributed by atoms with Crippen molar-refractivity contribution < 1.29 is 19.1 Å². The van der Waals surface area contributed by atoms with Crippen molar-refractivity contribution in [3.63, 3.8) is 0 Å². The highest BCUT2D eigenvalue weighted by Gasteiger charge is 2.67. The Hall–Kier alpha value is -3.90. The Bertz CT molecular complexity index is 1060. The van der Waals surface area contributed by atoms with E-state index in [4.69, 9.17) is 9.47 Å². The first kappa shape index (κ1) is 20.8. The third kappa shape index (κ3) is 3.56. The average molecular weight is 400 g/mol. The molecule has 0 radical (unpaired) electrons. The maximum Gasteiger partial charge on any atom is 0.317 e. The SMILES string of the molecule is CCOC(=O)[C@]1(C(=C(C#N)C#N)c2ccc(OC)cc2)C[C@H]1C(=O)c1ccccc1. The third-order valence-corrected chi connectivity index (χ3v) is 5.27. The third-order valence-electron chi connectivity index (χ3n) is 5.27. The van der Waals surface area contributed by atoms with Crippen molar-refractivity contribution in [1.82, 2.24) is 0 Å². The largest absolute Gasteiger partial charge is 0.497 e. The van der Waals surface area contributed by atoms with Gasteiger partial charge >= 0.3 is 5.97 Å². The van der Waals surface area contributed by atoms with Crippen LogP contribution in [0.15, 0.2) is 60.2 Å². The number of hydrogen-bond acceptors (Lipinski definition) is 6. The summed E-state index contributed by atoms with van der Waals surface area (Å²) < 4.78 is 10.5. The smallest absolute Gasteiger partial charge is 0.317 e. The van der Waals surface area contributed by atoms with Crippen LogP contribution in [0.4, 0.5) is 0 Å². The van der Waals surface area contributed by atoms with Gasteiger partial charge in [-0.1, -0.05) is 42.5 Å². The van der Waals surface area contributed by atoms with Crippen molar-refractivity contribution in [1.29, 1.82) is 10.5 Å². The highest BCUT2D eigenvalue weighted by atomic mass is 16.5. The Labute approximate surface area is 175 Å². The van der Waals surface area contributed by atoms with Crippen LogP contribution >= 0.6 is 0 Å². The lowest BCUT2D eigenvalue weighted by Gasteiger charge is -2.20. The molecule has 3 rings (SSSR count). The van der Waals surface area contributed by atoms with Crippen LogP contribution < -0.4 is 4.74 Å². The van der Waals surface area contributed by atoms with E-state index in [0.717, 1.165) is 0 Å². The number of nitriles is 2. The fourth-order valence-corrected chi connectivity index (χ4v) is 3.77. The van der Waals surface area contributed by atoms with Crippen LogP contribution in [0.25, 0.3) is 5.57 Å². The highest BCUT2D eigenvalue weighted by Crippen LogP contribution is 2.63. The lowest BCUT2D eigenvalue weighted by atomic mass is 9.82. The van der Waals surface area contributed by atoms with E-state index in [0.29, 0.717) is 16.9 Å². The molecule has 1 fully saturated rings. The van der Waals surface area contributed by atoms with Gasteiger partial charge in [0.1, 0.15) is 28.9 Å². The zero-order valence-corrected chi connectivity index (χ0v) is 16.7. The summed E-state index contributed by atoms with van der Waals surface area (Å²) in [6, 6.07) is 19.1. The summed E-state index contributed by atoms with van der Waals surface area (Å²) in [6.07, 6.45) is 0.174. The molecule has 150 valence electrons. The second-order valence-corrected chi connectivity index (χ2v) is 6.88. The first-order valence-corrected chi connectivity index (χ1v) is 9.49. The molecule has 6 heteroatoms. The number of hydrogen-bond donors (Lipinski definition) is 0. The minimum Gasteiger partial charge on any atom is -0.497 e. The van der Waals surface area contributed by atoms with E-state index in [2.05, 4.69) is 0 Å². The zero-order valence-electron chi connectivity index (χ0n) is 16.7. The van der Waals surface area contributed by atoms with Crippen LogP contribution in [-0.2, 0) is 9.53 Å². The molecule has 2 aromatic carbocycles. The molecular formula is C24H20N2O4. The van der Waals surface area contributed by atoms with Gasteiger partial charge in [0.15, 0.2) is 5.78 Å². The monoisotopic (exact) mass is 400 g/mol. The van der Waals surface area contributed by atoms with Crippen molar-refractivity contribution in [2.45, 2.75) is 13.3 Å². The van der Waals surface area contributed by atoms with Gasteiger partial charge in [0.25, 0.3) is 0 Å². The van der Waals surface area contributed by atoms with Gasteiger partial charge in [0.05, 0.1) is 13.7 Å². The molecular weight excluding hydrogens is 380 g/mol. The first-order chi connectivity index (χ1) is 14.5.